The molecule has 6 nitrogen and oxygen atoms in total. The summed E-state index contributed by atoms with van der Waals surface area (Å²) in [5.74, 6) is -0.255. The second-order valence-corrected chi connectivity index (χ2v) is 6.62. The van der Waals surface area contributed by atoms with Crippen molar-refractivity contribution in [2.45, 2.75) is 25.6 Å². The molecular formula is C17H20N2O4S. The maximum Gasteiger partial charge on any atom is 0.326 e. The SMILES string of the molecule is CC(C)C(NC(=O)CSCc1coc(-c2ccccc2)n1)C(=O)O. The van der Waals surface area contributed by atoms with Crippen molar-refractivity contribution in [3.8, 4) is 11.5 Å². The molecule has 24 heavy (non-hydrogen) atoms. The molecule has 2 rings (SSSR count). The summed E-state index contributed by atoms with van der Waals surface area (Å²) < 4.78 is 5.43. The largest absolute Gasteiger partial charge is 0.480 e. The molecule has 1 heterocycles. The molecule has 1 amide bonds. The fourth-order valence-corrected chi connectivity index (χ4v) is 2.78. The summed E-state index contributed by atoms with van der Waals surface area (Å²) in [5.41, 5.74) is 1.64. The summed E-state index contributed by atoms with van der Waals surface area (Å²) in [6.07, 6.45) is 1.57. The number of hydrogen-bond acceptors (Lipinski definition) is 5. The maximum atomic E-state index is 11.8. The quantitative estimate of drug-likeness (QED) is 0.762. The van der Waals surface area contributed by atoms with Crippen LogP contribution >= 0.6 is 11.8 Å². The molecule has 2 N–H and O–H groups in total. The highest BCUT2D eigenvalue weighted by atomic mass is 32.2. The Morgan fingerprint density at radius 3 is 2.62 bits per heavy atom. The van der Waals surface area contributed by atoms with Crippen molar-refractivity contribution in [2.24, 2.45) is 5.92 Å². The summed E-state index contributed by atoms with van der Waals surface area (Å²) in [4.78, 5) is 27.3. The maximum absolute atomic E-state index is 11.8. The average molecular weight is 348 g/mol. The standard InChI is InChI=1S/C17H20N2O4S/c1-11(2)15(17(21)22)19-14(20)10-24-9-13-8-23-16(18-13)12-6-4-3-5-7-12/h3-8,11,15H,9-10H2,1-2H3,(H,19,20)(H,21,22). The van der Waals surface area contributed by atoms with Crippen LogP contribution in [-0.4, -0.2) is 33.8 Å². The molecule has 0 aliphatic rings. The molecule has 0 aliphatic carbocycles. The van der Waals surface area contributed by atoms with Crippen molar-refractivity contribution in [3.63, 3.8) is 0 Å². The zero-order chi connectivity index (χ0) is 17.5. The summed E-state index contributed by atoms with van der Waals surface area (Å²) in [7, 11) is 0. The van der Waals surface area contributed by atoms with E-state index in [9.17, 15) is 9.59 Å². The lowest BCUT2D eigenvalue weighted by Crippen LogP contribution is -2.45. The van der Waals surface area contributed by atoms with E-state index in [1.165, 1.54) is 11.8 Å². The Labute approximate surface area is 144 Å². The molecule has 1 unspecified atom stereocenters. The van der Waals surface area contributed by atoms with Crippen molar-refractivity contribution in [1.29, 1.82) is 0 Å². The Balaban J connectivity index is 1.81. The Morgan fingerprint density at radius 1 is 1.29 bits per heavy atom. The van der Waals surface area contributed by atoms with Crippen LogP contribution in [0.1, 0.15) is 19.5 Å². The monoisotopic (exact) mass is 348 g/mol. The van der Waals surface area contributed by atoms with Crippen LogP contribution < -0.4 is 5.32 Å². The first kappa shape index (κ1) is 18.1. The van der Waals surface area contributed by atoms with E-state index in [2.05, 4.69) is 10.3 Å². The average Bonchev–Trinajstić information content (AvgIpc) is 3.02. The number of thioether (sulfide) groups is 1. The van der Waals surface area contributed by atoms with E-state index in [0.717, 1.165) is 11.3 Å². The van der Waals surface area contributed by atoms with Gasteiger partial charge in [0, 0.05) is 11.3 Å². The molecule has 0 aliphatic heterocycles. The Bertz CT molecular complexity index is 685. The number of rotatable bonds is 8. The minimum absolute atomic E-state index is 0.166. The number of nitrogens with one attached hydrogen (secondary N) is 1. The fourth-order valence-electron chi connectivity index (χ4n) is 2.06. The number of aliphatic carboxylic acids is 1. The highest BCUT2D eigenvalue weighted by Crippen LogP contribution is 2.20. The zero-order valence-corrected chi connectivity index (χ0v) is 14.4. The van der Waals surface area contributed by atoms with Gasteiger partial charge in [0.15, 0.2) is 0 Å². The first-order chi connectivity index (χ1) is 11.5. The Hall–Kier alpha value is -2.28. The molecule has 0 bridgehead atoms. The number of oxazole rings is 1. The molecule has 0 fully saturated rings. The molecule has 1 aromatic carbocycles. The number of aromatic nitrogens is 1. The van der Waals surface area contributed by atoms with Gasteiger partial charge in [0.2, 0.25) is 11.8 Å². The van der Waals surface area contributed by atoms with E-state index >= 15 is 0 Å². The van der Waals surface area contributed by atoms with Crippen molar-refractivity contribution in [2.75, 3.05) is 5.75 Å². The van der Waals surface area contributed by atoms with Crippen LogP contribution in [0, 0.1) is 5.92 Å². The topological polar surface area (TPSA) is 92.4 Å². The summed E-state index contributed by atoms with van der Waals surface area (Å²) in [6.45, 7) is 3.51. The third-order valence-corrected chi connectivity index (χ3v) is 4.27. The molecule has 2 aromatic rings. The zero-order valence-electron chi connectivity index (χ0n) is 13.6. The van der Waals surface area contributed by atoms with Gasteiger partial charge in [-0.05, 0) is 18.1 Å². The minimum Gasteiger partial charge on any atom is -0.480 e. The Kier molecular flexibility index (Phi) is 6.43. The van der Waals surface area contributed by atoms with Crippen LogP contribution in [0.25, 0.3) is 11.5 Å². The van der Waals surface area contributed by atoms with Gasteiger partial charge in [-0.1, -0.05) is 32.0 Å². The van der Waals surface area contributed by atoms with Gasteiger partial charge in [0.05, 0.1) is 11.4 Å². The number of carbonyl (C=O) groups excluding carboxylic acids is 1. The normalized spacial score (nSPS) is 12.1. The van der Waals surface area contributed by atoms with E-state index in [-0.39, 0.29) is 17.6 Å². The van der Waals surface area contributed by atoms with Crippen LogP contribution in [0.4, 0.5) is 0 Å². The van der Waals surface area contributed by atoms with Gasteiger partial charge in [0.1, 0.15) is 12.3 Å². The van der Waals surface area contributed by atoms with Crippen molar-refractivity contribution in [1.82, 2.24) is 10.3 Å². The first-order valence-electron chi connectivity index (χ1n) is 7.57. The number of amides is 1. The third kappa shape index (κ3) is 5.13. The lowest BCUT2D eigenvalue weighted by atomic mass is 10.1. The number of carboxylic acid groups (broad SMARTS) is 1. The highest BCUT2D eigenvalue weighted by Gasteiger charge is 2.23. The van der Waals surface area contributed by atoms with Crippen molar-refractivity contribution >= 4 is 23.6 Å². The second kappa shape index (κ2) is 8.54. The van der Waals surface area contributed by atoms with Crippen LogP contribution in [0.15, 0.2) is 41.0 Å². The molecule has 1 atom stereocenters. The van der Waals surface area contributed by atoms with E-state index in [4.69, 9.17) is 9.52 Å². The Morgan fingerprint density at radius 2 is 2.00 bits per heavy atom. The molecule has 0 spiro atoms. The number of nitrogens with zero attached hydrogens (tertiary/aromatic N) is 1. The van der Waals surface area contributed by atoms with Gasteiger partial charge < -0.3 is 14.8 Å². The highest BCUT2D eigenvalue weighted by molar-refractivity contribution is 7.99. The van der Waals surface area contributed by atoms with E-state index < -0.39 is 12.0 Å². The van der Waals surface area contributed by atoms with Crippen molar-refractivity contribution in [3.05, 3.63) is 42.3 Å². The minimum atomic E-state index is -1.02. The van der Waals surface area contributed by atoms with E-state index in [1.54, 1.807) is 20.1 Å². The summed E-state index contributed by atoms with van der Waals surface area (Å²) in [6, 6.07) is 8.69. The van der Waals surface area contributed by atoms with Gasteiger partial charge in [0.25, 0.3) is 0 Å². The van der Waals surface area contributed by atoms with E-state index in [0.29, 0.717) is 11.6 Å². The van der Waals surface area contributed by atoms with Gasteiger partial charge >= 0.3 is 5.97 Å². The molecule has 0 saturated carbocycles. The summed E-state index contributed by atoms with van der Waals surface area (Å²) >= 11 is 1.36. The van der Waals surface area contributed by atoms with Crippen LogP contribution in [0.3, 0.4) is 0 Å². The van der Waals surface area contributed by atoms with E-state index in [1.807, 2.05) is 30.3 Å². The lowest BCUT2D eigenvalue weighted by molar-refractivity contribution is -0.142. The van der Waals surface area contributed by atoms with Crippen molar-refractivity contribution < 1.29 is 19.1 Å². The molecule has 7 heteroatoms. The third-order valence-electron chi connectivity index (χ3n) is 3.30. The molecule has 128 valence electrons. The predicted molar refractivity (Wildman–Crippen MR) is 92.5 cm³/mol. The smallest absolute Gasteiger partial charge is 0.326 e. The molecule has 0 saturated heterocycles. The number of carboxylic acids is 1. The van der Waals surface area contributed by atoms with Crippen LogP contribution in [-0.2, 0) is 15.3 Å². The number of carbonyl (C=O) groups is 2. The number of benzene rings is 1. The lowest BCUT2D eigenvalue weighted by Gasteiger charge is -2.17. The van der Waals surface area contributed by atoms with Gasteiger partial charge in [-0.2, -0.15) is 0 Å². The first-order valence-corrected chi connectivity index (χ1v) is 8.72. The molecule has 0 radical (unpaired) electrons. The van der Waals surface area contributed by atoms with Gasteiger partial charge in [-0.25, -0.2) is 9.78 Å². The van der Waals surface area contributed by atoms with Gasteiger partial charge in [-0.3, -0.25) is 4.79 Å². The van der Waals surface area contributed by atoms with Crippen LogP contribution in [0.5, 0.6) is 0 Å². The fraction of sp³-hybridized carbons (Fsp3) is 0.353. The molecule has 1 aromatic heterocycles. The second-order valence-electron chi connectivity index (χ2n) is 5.63. The van der Waals surface area contributed by atoms with Crippen LogP contribution in [0.2, 0.25) is 0 Å². The van der Waals surface area contributed by atoms with Gasteiger partial charge in [-0.15, -0.1) is 11.8 Å². The predicted octanol–water partition coefficient (Wildman–Crippen LogP) is 2.80. The summed E-state index contributed by atoms with van der Waals surface area (Å²) in [5, 5.41) is 11.6. The molecular weight excluding hydrogens is 328 g/mol. The number of hydrogen-bond donors (Lipinski definition) is 2.